The molecule has 0 aliphatic rings. The van der Waals surface area contributed by atoms with E-state index in [0.717, 1.165) is 27.7 Å². The number of alkyl halides is 9. The van der Waals surface area contributed by atoms with E-state index in [-0.39, 0.29) is 18.5 Å². The largest absolute Gasteiger partial charge is 0.490 e. The van der Waals surface area contributed by atoms with Gasteiger partial charge in [0.2, 0.25) is 0 Å². The number of carboxylic acids is 3. The van der Waals surface area contributed by atoms with Crippen LogP contribution in [0.1, 0.15) is 11.3 Å². The number of hydrogen-bond donors (Lipinski definition) is 5. The van der Waals surface area contributed by atoms with Crippen molar-refractivity contribution in [3.05, 3.63) is 76.4 Å². The lowest BCUT2D eigenvalue weighted by molar-refractivity contribution is -0.193. The molecule has 4 rings (SSSR count). The number of hydrogen-bond acceptors (Lipinski definition) is 7. The maximum Gasteiger partial charge on any atom is 0.490 e. The number of rotatable bonds is 6. The molecule has 274 valence electrons. The average molecular weight is 797 g/mol. The van der Waals surface area contributed by atoms with E-state index in [2.05, 4.69) is 37.2 Å². The maximum atomic E-state index is 14.0. The number of aliphatic carboxylic acids is 3. The van der Waals surface area contributed by atoms with Gasteiger partial charge in [-0.1, -0.05) is 28.1 Å². The number of carbonyl (C=O) groups is 3. The highest BCUT2D eigenvalue weighted by molar-refractivity contribution is 9.10. The summed E-state index contributed by atoms with van der Waals surface area (Å²) < 4.78 is 116. The smallest absolute Gasteiger partial charge is 0.490 e. The van der Waals surface area contributed by atoms with Crippen molar-refractivity contribution in [2.24, 2.45) is 5.73 Å². The van der Waals surface area contributed by atoms with Gasteiger partial charge in [-0.2, -0.15) is 44.6 Å². The van der Waals surface area contributed by atoms with E-state index >= 15 is 0 Å². The highest BCUT2D eigenvalue weighted by Gasteiger charge is 2.39. The van der Waals surface area contributed by atoms with Gasteiger partial charge in [-0.25, -0.2) is 18.8 Å². The number of aryl methyl sites for hydroxylation is 1. The Morgan fingerprint density at radius 1 is 0.840 bits per heavy atom. The first-order valence-electron chi connectivity index (χ1n) is 13.0. The predicted molar refractivity (Wildman–Crippen MR) is 156 cm³/mol. The number of nitrogens with one attached hydrogen (secondary N) is 1. The first-order valence-corrected chi connectivity index (χ1v) is 13.7. The lowest BCUT2D eigenvalue weighted by atomic mass is 10.0. The second-order valence-electron chi connectivity index (χ2n) is 9.41. The van der Waals surface area contributed by atoms with Crippen LogP contribution in [0.4, 0.5) is 43.9 Å². The van der Waals surface area contributed by atoms with Gasteiger partial charge in [-0.3, -0.25) is 10.1 Å². The topological polar surface area (TPSA) is 189 Å². The molecule has 0 aliphatic heterocycles. The summed E-state index contributed by atoms with van der Waals surface area (Å²) in [5, 5.41) is 29.7. The summed E-state index contributed by atoms with van der Waals surface area (Å²) in [5.74, 6) is -7.92. The van der Waals surface area contributed by atoms with Gasteiger partial charge in [0.15, 0.2) is 0 Å². The minimum Gasteiger partial charge on any atom is -0.490 e. The monoisotopic (exact) mass is 796 g/mol. The van der Waals surface area contributed by atoms with Crippen LogP contribution in [0, 0.1) is 12.7 Å². The van der Waals surface area contributed by atoms with Crippen LogP contribution in [0.2, 0.25) is 0 Å². The summed E-state index contributed by atoms with van der Waals surface area (Å²) in [7, 11) is 0. The summed E-state index contributed by atoms with van der Waals surface area (Å²) in [5.41, 5.74) is 10.6. The molecule has 4 aromatic rings. The fraction of sp³-hybridized carbons (Fsp3) is 0.250. The standard InChI is InChI=1S/C22H20BrFN4O.3C2HF3O2/c1-13-20-8-14(3-5-22(20)28-27-13)16-7-19(11-26-10-16)29-12-18(25)6-15-2-4-17(23)9-21(15)24;3*3-2(4,5)1(6)7/h2-5,7-11,18H,6,12,25H2,1H3,(H,27,28);3*(H,6,7)/t18-;;;/m0.../s1. The molecule has 2 heterocycles. The molecule has 0 amide bonds. The Balaban J connectivity index is 0.000000486. The zero-order chi connectivity index (χ0) is 38.6. The van der Waals surface area contributed by atoms with Crippen molar-refractivity contribution in [1.29, 1.82) is 0 Å². The van der Waals surface area contributed by atoms with E-state index in [1.54, 1.807) is 24.5 Å². The van der Waals surface area contributed by atoms with E-state index in [9.17, 15) is 43.9 Å². The van der Waals surface area contributed by atoms with Crippen LogP contribution >= 0.6 is 15.9 Å². The first-order chi connectivity index (χ1) is 22.8. The molecule has 6 N–H and O–H groups in total. The SMILES string of the molecule is Cc1[nH]nc2ccc(-c3cncc(OC[C@@H](N)Cc4ccc(Br)cc4F)c3)cc12.O=C(O)C(F)(F)F.O=C(O)C(F)(F)F.O=C(O)C(F)(F)F. The zero-order valence-electron chi connectivity index (χ0n) is 24.8. The number of aromatic amines is 1. The quantitative estimate of drug-likeness (QED) is 0.132. The fourth-order valence-electron chi connectivity index (χ4n) is 3.21. The van der Waals surface area contributed by atoms with Gasteiger partial charge in [-0.15, -0.1) is 0 Å². The highest BCUT2D eigenvalue weighted by atomic mass is 79.9. The third-order valence-electron chi connectivity index (χ3n) is 5.48. The third kappa shape index (κ3) is 15.1. The molecular weight excluding hydrogens is 774 g/mol. The van der Waals surface area contributed by atoms with Crippen molar-refractivity contribution >= 4 is 44.7 Å². The molecule has 11 nitrogen and oxygen atoms in total. The Morgan fingerprint density at radius 3 is 1.84 bits per heavy atom. The summed E-state index contributed by atoms with van der Waals surface area (Å²) in [6.07, 6.45) is -11.4. The zero-order valence-corrected chi connectivity index (χ0v) is 26.4. The Morgan fingerprint density at radius 2 is 1.36 bits per heavy atom. The fourth-order valence-corrected chi connectivity index (χ4v) is 3.54. The van der Waals surface area contributed by atoms with Crippen molar-refractivity contribution < 1.29 is 78.3 Å². The number of benzene rings is 2. The van der Waals surface area contributed by atoms with Crippen LogP contribution in [0.3, 0.4) is 0 Å². The molecule has 0 radical (unpaired) electrons. The number of H-pyrrole nitrogens is 1. The minimum absolute atomic E-state index is 0.264. The van der Waals surface area contributed by atoms with Crippen LogP contribution in [0.15, 0.2) is 59.3 Å². The van der Waals surface area contributed by atoms with E-state index < -0.39 is 36.4 Å². The van der Waals surface area contributed by atoms with E-state index in [1.807, 2.05) is 25.1 Å². The van der Waals surface area contributed by atoms with Crippen molar-refractivity contribution in [3.8, 4) is 16.9 Å². The molecule has 1 atom stereocenters. The van der Waals surface area contributed by atoms with Gasteiger partial charge in [0.25, 0.3) is 0 Å². The summed E-state index contributed by atoms with van der Waals surface area (Å²) in [6.45, 7) is 2.26. The minimum atomic E-state index is -5.08. The van der Waals surface area contributed by atoms with Crippen molar-refractivity contribution in [3.63, 3.8) is 0 Å². The Hall–Kier alpha value is -4.99. The van der Waals surface area contributed by atoms with Crippen molar-refractivity contribution in [2.75, 3.05) is 6.61 Å². The van der Waals surface area contributed by atoms with Gasteiger partial charge < -0.3 is 25.8 Å². The van der Waals surface area contributed by atoms with E-state index in [4.69, 9.17) is 40.2 Å². The summed E-state index contributed by atoms with van der Waals surface area (Å²) in [4.78, 5) is 31.0. The second kappa shape index (κ2) is 18.1. The van der Waals surface area contributed by atoms with Gasteiger partial charge in [-0.05, 0) is 54.8 Å². The second-order valence-corrected chi connectivity index (χ2v) is 10.3. The van der Waals surface area contributed by atoms with Gasteiger partial charge in [0.05, 0.1) is 11.7 Å². The molecule has 22 heteroatoms. The van der Waals surface area contributed by atoms with Crippen LogP contribution in [0.5, 0.6) is 5.75 Å². The first kappa shape index (κ1) is 43.0. The number of ether oxygens (including phenoxy) is 1. The van der Waals surface area contributed by atoms with Crippen molar-refractivity contribution in [1.82, 2.24) is 15.2 Å². The highest BCUT2D eigenvalue weighted by Crippen LogP contribution is 2.27. The summed E-state index contributed by atoms with van der Waals surface area (Å²) in [6, 6.07) is 12.6. The lowest BCUT2D eigenvalue weighted by Crippen LogP contribution is -2.30. The molecule has 0 saturated heterocycles. The molecular formula is C28H23BrF10N4O7. The number of carboxylic acid groups (broad SMARTS) is 3. The lowest BCUT2D eigenvalue weighted by Gasteiger charge is -2.14. The van der Waals surface area contributed by atoms with Crippen LogP contribution in [-0.4, -0.2) is 79.6 Å². The molecule has 0 saturated carbocycles. The number of fused-ring (bicyclic) bond motifs is 1. The predicted octanol–water partition coefficient (Wildman–Crippen LogP) is 6.68. The van der Waals surface area contributed by atoms with Crippen LogP contribution in [0.25, 0.3) is 22.0 Å². The number of nitrogens with two attached hydrogens (primary N) is 1. The van der Waals surface area contributed by atoms with E-state index in [0.29, 0.717) is 22.2 Å². The molecule has 2 aromatic heterocycles. The molecule has 2 aromatic carbocycles. The molecule has 50 heavy (non-hydrogen) atoms. The summed E-state index contributed by atoms with van der Waals surface area (Å²) >= 11 is 3.26. The number of pyridine rings is 1. The Kier molecular flexibility index (Phi) is 15.6. The third-order valence-corrected chi connectivity index (χ3v) is 5.97. The molecule has 0 bridgehead atoms. The Labute approximate surface area is 281 Å². The Bertz CT molecular complexity index is 1710. The average Bonchev–Trinajstić information content (AvgIpc) is 3.37. The van der Waals surface area contributed by atoms with Crippen molar-refractivity contribution in [2.45, 2.75) is 37.9 Å². The van der Waals surface area contributed by atoms with Crippen LogP contribution < -0.4 is 10.5 Å². The molecule has 0 spiro atoms. The van der Waals surface area contributed by atoms with Crippen LogP contribution in [-0.2, 0) is 20.8 Å². The molecule has 0 fully saturated rings. The van der Waals surface area contributed by atoms with Gasteiger partial charge in [0.1, 0.15) is 18.2 Å². The molecule has 0 aliphatic carbocycles. The number of aromatic nitrogens is 3. The number of nitrogens with zero attached hydrogens (tertiary/aromatic N) is 2. The number of halogens is 11. The van der Waals surface area contributed by atoms with Gasteiger partial charge >= 0.3 is 36.4 Å². The molecule has 0 unspecified atom stereocenters. The van der Waals surface area contributed by atoms with E-state index in [1.165, 1.54) is 6.07 Å². The maximum absolute atomic E-state index is 14.0. The normalized spacial score (nSPS) is 11.9. The van der Waals surface area contributed by atoms with Gasteiger partial charge in [0, 0.05) is 33.4 Å².